The van der Waals surface area contributed by atoms with Crippen LogP contribution >= 0.6 is 5.61 Å². The quantitative estimate of drug-likeness (QED) is 0.269. The first-order valence-corrected chi connectivity index (χ1v) is 25.1. The molecule has 0 bridgehead atoms. The molecule has 0 saturated carbocycles. The Labute approximate surface area is 162 Å². The standard InChI is InChI=1S/C18H45PSi3Te/c1-16(2,3)19(17(4,5)6)23-18(20(7,8)9,21(10,11)12)22(13,14)15/h1-15H3. The third-order valence-corrected chi connectivity index (χ3v) is 61.9. The predicted molar refractivity (Wildman–Crippen MR) is 125 cm³/mol. The average molecular weight is 504 g/mol. The molecule has 0 aromatic heterocycles. The van der Waals surface area contributed by atoms with Gasteiger partial charge in [-0.2, -0.15) is 0 Å². The summed E-state index contributed by atoms with van der Waals surface area (Å²) in [7, 11) is -3.69. The molecule has 0 aromatic rings. The summed E-state index contributed by atoms with van der Waals surface area (Å²) in [4.78, 5) is 0. The van der Waals surface area contributed by atoms with Gasteiger partial charge < -0.3 is 0 Å². The van der Waals surface area contributed by atoms with Gasteiger partial charge in [-0.25, -0.2) is 0 Å². The van der Waals surface area contributed by atoms with Crippen LogP contribution in [0.4, 0.5) is 0 Å². The Morgan fingerprint density at radius 2 is 0.739 bits per heavy atom. The second kappa shape index (κ2) is 7.12. The van der Waals surface area contributed by atoms with Crippen LogP contribution in [-0.4, -0.2) is 54.9 Å². The van der Waals surface area contributed by atoms with Gasteiger partial charge in [0, 0.05) is 0 Å². The Morgan fingerprint density at radius 1 is 0.522 bits per heavy atom. The molecule has 0 aliphatic rings. The maximum atomic E-state index is 2.72. The van der Waals surface area contributed by atoms with Crippen molar-refractivity contribution in [2.75, 3.05) is 0 Å². The Hall–Kier alpha value is 1.87. The van der Waals surface area contributed by atoms with Gasteiger partial charge in [-0.15, -0.1) is 0 Å². The molecule has 5 heteroatoms. The van der Waals surface area contributed by atoms with Crippen molar-refractivity contribution >= 4 is 50.2 Å². The minimum absolute atomic E-state index is 0.0321. The minimum atomic E-state index is -1.23. The summed E-state index contributed by atoms with van der Waals surface area (Å²) in [5, 5.41) is 1.00. The zero-order chi connectivity index (χ0) is 19.3. The molecule has 0 fully saturated rings. The zero-order valence-corrected chi connectivity index (χ0v) is 25.1. The summed E-state index contributed by atoms with van der Waals surface area (Å²) in [5.74, 6) is 0. The van der Waals surface area contributed by atoms with Gasteiger partial charge in [-0.05, 0) is 0 Å². The molecule has 0 aliphatic carbocycles. The number of rotatable bonds is 5. The van der Waals surface area contributed by atoms with E-state index in [4.69, 9.17) is 0 Å². The van der Waals surface area contributed by atoms with E-state index >= 15 is 0 Å². The van der Waals surface area contributed by atoms with Gasteiger partial charge >= 0.3 is 163 Å². The van der Waals surface area contributed by atoms with E-state index in [-0.39, 0.29) is 26.0 Å². The maximum absolute atomic E-state index is 2.72. The summed E-state index contributed by atoms with van der Waals surface area (Å²) < 4.78 is 0.824. The SMILES string of the molecule is CC(C)(C)P([Te]C([Si](C)(C)C)([Si](C)(C)C)[Si](C)(C)C)C(C)(C)C. The predicted octanol–water partition coefficient (Wildman–Crippen LogP) is 7.48. The molecule has 0 heterocycles. The van der Waals surface area contributed by atoms with Crippen LogP contribution in [0, 0.1) is 0 Å². The molecule has 23 heavy (non-hydrogen) atoms. The topological polar surface area (TPSA) is 0 Å². The van der Waals surface area contributed by atoms with Crippen LogP contribution in [0.25, 0.3) is 0 Å². The van der Waals surface area contributed by atoms with E-state index in [0.29, 0.717) is 10.3 Å². The first-order chi connectivity index (χ1) is 9.59. The normalized spacial score (nSPS) is 16.2. The molecule has 0 amide bonds. The summed E-state index contributed by atoms with van der Waals surface area (Å²) in [6.45, 7) is 39.7. The summed E-state index contributed by atoms with van der Waals surface area (Å²) in [5.41, 5.74) is 0.111. The summed E-state index contributed by atoms with van der Waals surface area (Å²) >= 11 is -0.0321. The van der Waals surface area contributed by atoms with Crippen molar-refractivity contribution < 1.29 is 0 Å². The molecule has 0 radical (unpaired) electrons. The molecule has 0 saturated heterocycles. The molecule has 140 valence electrons. The third kappa shape index (κ3) is 5.43. The van der Waals surface area contributed by atoms with E-state index in [0.717, 1.165) is 2.33 Å². The number of hydrogen-bond acceptors (Lipinski definition) is 0. The second-order valence-corrected chi connectivity index (χ2v) is 42.7. The molecule has 0 spiro atoms. The summed E-state index contributed by atoms with van der Waals surface area (Å²) in [6, 6.07) is 0. The Kier molecular flexibility index (Phi) is 7.70. The van der Waals surface area contributed by atoms with Gasteiger partial charge in [0.05, 0.1) is 0 Å². The van der Waals surface area contributed by atoms with E-state index in [2.05, 4.69) is 100 Å². The van der Waals surface area contributed by atoms with Crippen LogP contribution < -0.4 is 0 Å². The van der Waals surface area contributed by atoms with E-state index in [1.165, 1.54) is 0 Å². The molecular weight excluding hydrogens is 459 g/mol. The molecule has 0 unspecified atom stereocenters. The molecule has 0 nitrogen and oxygen atoms in total. The molecule has 0 rings (SSSR count). The molecule has 0 aliphatic heterocycles. The van der Waals surface area contributed by atoms with Crippen LogP contribution in [0.3, 0.4) is 0 Å². The Balaban J connectivity index is 6.52. The van der Waals surface area contributed by atoms with Gasteiger partial charge in [-0.3, -0.25) is 0 Å². The molecule has 0 atom stereocenters. The van der Waals surface area contributed by atoms with Crippen LogP contribution in [0.1, 0.15) is 41.5 Å². The van der Waals surface area contributed by atoms with Crippen molar-refractivity contribution in [3.63, 3.8) is 0 Å². The molecule has 0 aromatic carbocycles. The van der Waals surface area contributed by atoms with E-state index in [1.54, 1.807) is 0 Å². The van der Waals surface area contributed by atoms with E-state index < -0.39 is 24.2 Å². The number of hydrogen-bond donors (Lipinski definition) is 0. The van der Waals surface area contributed by atoms with Gasteiger partial charge in [0.1, 0.15) is 0 Å². The fourth-order valence-electron chi connectivity index (χ4n) is 5.20. The van der Waals surface area contributed by atoms with Crippen LogP contribution in [-0.2, 0) is 0 Å². The van der Waals surface area contributed by atoms with Gasteiger partial charge in [0.25, 0.3) is 0 Å². The van der Waals surface area contributed by atoms with Crippen molar-refractivity contribution in [3.8, 4) is 0 Å². The van der Waals surface area contributed by atoms with Gasteiger partial charge in [-0.1, -0.05) is 0 Å². The van der Waals surface area contributed by atoms with Gasteiger partial charge in [0.15, 0.2) is 0 Å². The summed E-state index contributed by atoms with van der Waals surface area (Å²) in [6.07, 6.45) is 0. The van der Waals surface area contributed by atoms with Crippen molar-refractivity contribution in [2.45, 2.75) is 113 Å². The molecular formula is C18H45PSi3Te. The van der Waals surface area contributed by atoms with Crippen LogP contribution in [0.5, 0.6) is 0 Å². The fraction of sp³-hybridized carbons (Fsp3) is 1.00. The Bertz CT molecular complexity index is 350. The van der Waals surface area contributed by atoms with E-state index in [1.807, 2.05) is 0 Å². The van der Waals surface area contributed by atoms with Crippen molar-refractivity contribution in [2.24, 2.45) is 0 Å². The van der Waals surface area contributed by atoms with Crippen molar-refractivity contribution in [3.05, 3.63) is 0 Å². The first-order valence-electron chi connectivity index (χ1n) is 9.08. The first kappa shape index (κ1) is 24.9. The van der Waals surface area contributed by atoms with Crippen molar-refractivity contribution in [1.29, 1.82) is 0 Å². The fourth-order valence-corrected chi connectivity index (χ4v) is 72.0. The zero-order valence-electron chi connectivity index (χ0n) is 18.9. The second-order valence-electron chi connectivity index (χ2n) is 12.2. The third-order valence-electron chi connectivity index (χ3n) is 4.62. The van der Waals surface area contributed by atoms with Crippen LogP contribution in [0.15, 0.2) is 0 Å². The van der Waals surface area contributed by atoms with Crippen molar-refractivity contribution in [1.82, 2.24) is 0 Å². The van der Waals surface area contributed by atoms with Gasteiger partial charge in [0.2, 0.25) is 0 Å². The Morgan fingerprint density at radius 3 is 0.870 bits per heavy atom. The molecule has 0 N–H and O–H groups in total. The van der Waals surface area contributed by atoms with Crippen LogP contribution in [0.2, 0.25) is 61.3 Å². The average Bonchev–Trinajstić information content (AvgIpc) is 2.05. The van der Waals surface area contributed by atoms with E-state index in [9.17, 15) is 0 Å². The monoisotopic (exact) mass is 506 g/mol.